The van der Waals surface area contributed by atoms with Crippen molar-refractivity contribution in [3.8, 4) is 0 Å². The molecule has 0 spiro atoms. The standard InChI is InChI=1S/C16H17FN4O3/c17-12-4-1-3-11(7-12)9-20-10-14(18-19-20)16(24)21-6-2-5-13(21)8-15(22)23/h1,3-4,7,10,13H,2,5-6,8-9H2,(H,22,23). The van der Waals surface area contributed by atoms with Crippen molar-refractivity contribution < 1.29 is 19.1 Å². The van der Waals surface area contributed by atoms with Crippen LogP contribution in [0.3, 0.4) is 0 Å². The number of carboxylic acid groups (broad SMARTS) is 1. The van der Waals surface area contributed by atoms with Crippen LogP contribution in [0.2, 0.25) is 0 Å². The number of nitrogens with zero attached hydrogens (tertiary/aromatic N) is 4. The van der Waals surface area contributed by atoms with Gasteiger partial charge in [0, 0.05) is 12.6 Å². The molecule has 1 atom stereocenters. The Morgan fingerprint density at radius 2 is 2.21 bits per heavy atom. The maximum absolute atomic E-state index is 13.2. The van der Waals surface area contributed by atoms with Crippen molar-refractivity contribution in [3.05, 3.63) is 47.5 Å². The van der Waals surface area contributed by atoms with E-state index in [1.807, 2.05) is 0 Å². The van der Waals surface area contributed by atoms with Crippen LogP contribution in [-0.2, 0) is 11.3 Å². The third kappa shape index (κ3) is 3.58. The van der Waals surface area contributed by atoms with E-state index in [-0.39, 0.29) is 29.9 Å². The van der Waals surface area contributed by atoms with Crippen LogP contribution in [0.15, 0.2) is 30.5 Å². The lowest BCUT2D eigenvalue weighted by Gasteiger charge is -2.22. The molecule has 2 aromatic rings. The topological polar surface area (TPSA) is 88.3 Å². The zero-order chi connectivity index (χ0) is 17.1. The molecule has 3 rings (SSSR count). The molecule has 2 heterocycles. The number of likely N-dealkylation sites (tertiary alicyclic amines) is 1. The Kier molecular flexibility index (Phi) is 4.54. The average Bonchev–Trinajstić information content (AvgIpc) is 3.15. The molecule has 1 unspecified atom stereocenters. The van der Waals surface area contributed by atoms with Gasteiger partial charge in [0.15, 0.2) is 5.69 Å². The third-order valence-corrected chi connectivity index (χ3v) is 4.04. The minimum atomic E-state index is -0.922. The molecule has 1 saturated heterocycles. The molecule has 7 nitrogen and oxygen atoms in total. The Morgan fingerprint density at radius 3 is 2.96 bits per heavy atom. The second-order valence-electron chi connectivity index (χ2n) is 5.82. The van der Waals surface area contributed by atoms with Gasteiger partial charge < -0.3 is 10.0 Å². The molecule has 0 bridgehead atoms. The van der Waals surface area contributed by atoms with Crippen molar-refractivity contribution in [2.45, 2.75) is 31.8 Å². The van der Waals surface area contributed by atoms with Gasteiger partial charge in [0.2, 0.25) is 0 Å². The molecule has 1 amide bonds. The highest BCUT2D eigenvalue weighted by Gasteiger charge is 2.32. The summed E-state index contributed by atoms with van der Waals surface area (Å²) < 4.78 is 14.7. The van der Waals surface area contributed by atoms with E-state index >= 15 is 0 Å². The third-order valence-electron chi connectivity index (χ3n) is 4.04. The molecule has 0 radical (unpaired) electrons. The van der Waals surface area contributed by atoms with Gasteiger partial charge in [0.05, 0.1) is 19.2 Å². The summed E-state index contributed by atoms with van der Waals surface area (Å²) in [5, 5.41) is 16.7. The SMILES string of the molecule is O=C(O)CC1CCCN1C(=O)c1cn(Cc2cccc(F)c2)nn1. The summed E-state index contributed by atoms with van der Waals surface area (Å²) >= 11 is 0. The van der Waals surface area contributed by atoms with Crippen LogP contribution in [0.4, 0.5) is 4.39 Å². The highest BCUT2D eigenvalue weighted by atomic mass is 19.1. The highest BCUT2D eigenvalue weighted by molar-refractivity contribution is 5.92. The van der Waals surface area contributed by atoms with E-state index in [4.69, 9.17) is 5.11 Å². The monoisotopic (exact) mass is 332 g/mol. The fourth-order valence-electron chi connectivity index (χ4n) is 2.96. The summed E-state index contributed by atoms with van der Waals surface area (Å²) in [6.45, 7) is 0.824. The van der Waals surface area contributed by atoms with E-state index in [1.54, 1.807) is 17.0 Å². The van der Waals surface area contributed by atoms with Gasteiger partial charge in [0.1, 0.15) is 5.82 Å². The zero-order valence-electron chi connectivity index (χ0n) is 12.9. The van der Waals surface area contributed by atoms with Gasteiger partial charge in [-0.1, -0.05) is 17.3 Å². The Morgan fingerprint density at radius 1 is 1.38 bits per heavy atom. The number of rotatable bonds is 5. The van der Waals surface area contributed by atoms with E-state index in [2.05, 4.69) is 10.3 Å². The van der Waals surface area contributed by atoms with Crippen LogP contribution in [0.25, 0.3) is 0 Å². The van der Waals surface area contributed by atoms with E-state index in [0.717, 1.165) is 6.42 Å². The predicted molar refractivity (Wildman–Crippen MR) is 81.8 cm³/mol. The quantitative estimate of drug-likeness (QED) is 0.897. The number of hydrogen-bond donors (Lipinski definition) is 1. The lowest BCUT2D eigenvalue weighted by Crippen LogP contribution is -2.37. The summed E-state index contributed by atoms with van der Waals surface area (Å²) in [6.07, 6.45) is 2.89. The van der Waals surface area contributed by atoms with Crippen molar-refractivity contribution in [3.63, 3.8) is 0 Å². The van der Waals surface area contributed by atoms with Crippen molar-refractivity contribution >= 4 is 11.9 Å². The van der Waals surface area contributed by atoms with Crippen LogP contribution < -0.4 is 0 Å². The molecule has 0 saturated carbocycles. The van der Waals surface area contributed by atoms with E-state index < -0.39 is 5.97 Å². The van der Waals surface area contributed by atoms with Gasteiger partial charge in [-0.15, -0.1) is 5.10 Å². The first-order valence-corrected chi connectivity index (χ1v) is 7.70. The van der Waals surface area contributed by atoms with Crippen LogP contribution in [0, 0.1) is 5.82 Å². The summed E-state index contributed by atoms with van der Waals surface area (Å²) in [5.74, 6) is -1.57. The zero-order valence-corrected chi connectivity index (χ0v) is 12.9. The van der Waals surface area contributed by atoms with Gasteiger partial charge in [-0.3, -0.25) is 9.59 Å². The number of halogens is 1. The molecule has 1 aromatic carbocycles. The summed E-state index contributed by atoms with van der Waals surface area (Å²) in [7, 11) is 0. The number of benzene rings is 1. The van der Waals surface area contributed by atoms with Crippen molar-refractivity contribution in [2.75, 3.05) is 6.54 Å². The van der Waals surface area contributed by atoms with Crippen molar-refractivity contribution in [2.24, 2.45) is 0 Å². The molecular formula is C16H17FN4O3. The second kappa shape index (κ2) is 6.77. The molecule has 126 valence electrons. The first-order chi connectivity index (χ1) is 11.5. The lowest BCUT2D eigenvalue weighted by molar-refractivity contribution is -0.137. The van der Waals surface area contributed by atoms with Gasteiger partial charge in [0.25, 0.3) is 5.91 Å². The molecule has 0 aliphatic carbocycles. The fraction of sp³-hybridized carbons (Fsp3) is 0.375. The number of amides is 1. The van der Waals surface area contributed by atoms with Gasteiger partial charge >= 0.3 is 5.97 Å². The fourth-order valence-corrected chi connectivity index (χ4v) is 2.96. The number of carboxylic acids is 1. The summed E-state index contributed by atoms with van der Waals surface area (Å²) in [6, 6.07) is 5.81. The van der Waals surface area contributed by atoms with Crippen molar-refractivity contribution in [1.29, 1.82) is 0 Å². The normalized spacial score (nSPS) is 17.2. The maximum atomic E-state index is 13.2. The van der Waals surface area contributed by atoms with Crippen molar-refractivity contribution in [1.82, 2.24) is 19.9 Å². The molecule has 8 heteroatoms. The molecule has 1 aliphatic heterocycles. The van der Waals surface area contributed by atoms with Crippen LogP contribution in [0.5, 0.6) is 0 Å². The van der Waals surface area contributed by atoms with Crippen LogP contribution in [0.1, 0.15) is 35.3 Å². The smallest absolute Gasteiger partial charge is 0.305 e. The van der Waals surface area contributed by atoms with Gasteiger partial charge in [-0.25, -0.2) is 9.07 Å². The average molecular weight is 332 g/mol. The molecule has 1 N–H and O–H groups in total. The molecule has 24 heavy (non-hydrogen) atoms. The van der Waals surface area contributed by atoms with Crippen LogP contribution in [-0.4, -0.2) is 49.5 Å². The largest absolute Gasteiger partial charge is 0.481 e. The number of carbonyl (C=O) groups is 2. The van der Waals surface area contributed by atoms with Crippen LogP contribution >= 0.6 is 0 Å². The highest BCUT2D eigenvalue weighted by Crippen LogP contribution is 2.22. The number of aliphatic carboxylic acids is 1. The Bertz CT molecular complexity index is 761. The summed E-state index contributed by atoms with van der Waals surface area (Å²) in [5.41, 5.74) is 0.882. The molecule has 1 fully saturated rings. The van der Waals surface area contributed by atoms with Gasteiger partial charge in [-0.2, -0.15) is 0 Å². The van der Waals surface area contributed by atoms with E-state index in [0.29, 0.717) is 25.1 Å². The molecule has 1 aromatic heterocycles. The minimum Gasteiger partial charge on any atom is -0.481 e. The number of carbonyl (C=O) groups excluding carboxylic acids is 1. The summed E-state index contributed by atoms with van der Waals surface area (Å²) in [4.78, 5) is 25.0. The van der Waals surface area contributed by atoms with E-state index in [1.165, 1.54) is 23.0 Å². The molecule has 1 aliphatic rings. The lowest BCUT2D eigenvalue weighted by atomic mass is 10.1. The Hall–Kier alpha value is -2.77. The Labute approximate surface area is 137 Å². The first-order valence-electron chi connectivity index (χ1n) is 7.70. The Balaban J connectivity index is 1.70. The minimum absolute atomic E-state index is 0.0663. The maximum Gasteiger partial charge on any atom is 0.305 e. The second-order valence-corrected chi connectivity index (χ2v) is 5.82. The van der Waals surface area contributed by atoms with E-state index in [9.17, 15) is 14.0 Å². The number of hydrogen-bond acceptors (Lipinski definition) is 4. The predicted octanol–water partition coefficient (Wildman–Crippen LogP) is 1.54. The molecular weight excluding hydrogens is 315 g/mol. The number of aromatic nitrogens is 3. The first kappa shape index (κ1) is 16.1. The van der Waals surface area contributed by atoms with Gasteiger partial charge in [-0.05, 0) is 30.5 Å².